The minimum atomic E-state index is -0.888. The Balaban J connectivity index is 1.87. The van der Waals surface area contributed by atoms with Crippen molar-refractivity contribution in [3.05, 3.63) is 81.5 Å². The third-order valence-corrected chi connectivity index (χ3v) is 6.22. The Labute approximate surface area is 164 Å². The Hall–Kier alpha value is -2.28. The van der Waals surface area contributed by atoms with Gasteiger partial charge in [0, 0.05) is 28.6 Å². The topological polar surface area (TPSA) is 32.3 Å². The Morgan fingerprint density at radius 1 is 1.07 bits per heavy atom. The summed E-state index contributed by atoms with van der Waals surface area (Å²) in [4.78, 5) is 0.621. The molecule has 1 unspecified atom stereocenters. The fourth-order valence-electron chi connectivity index (χ4n) is 3.16. The predicted molar refractivity (Wildman–Crippen MR) is 108 cm³/mol. The molecular formula is C21H17F2NOS2. The zero-order valence-electron chi connectivity index (χ0n) is 14.3. The third kappa shape index (κ3) is 3.60. The van der Waals surface area contributed by atoms with Crippen molar-refractivity contribution in [2.24, 2.45) is 0 Å². The van der Waals surface area contributed by atoms with Crippen molar-refractivity contribution < 1.29 is 13.9 Å². The van der Waals surface area contributed by atoms with E-state index >= 15 is 0 Å². The van der Waals surface area contributed by atoms with E-state index in [2.05, 4.69) is 5.32 Å². The van der Waals surface area contributed by atoms with Gasteiger partial charge in [-0.1, -0.05) is 12.2 Å². The number of hydrogen-bond donors (Lipinski definition) is 2. The van der Waals surface area contributed by atoms with Gasteiger partial charge in [-0.2, -0.15) is 11.3 Å². The number of aliphatic hydroxyl groups excluding tert-OH is 1. The standard InChI is InChI=1S/C21H17F2NOS2/c22-15-4-5-16(18(23)9-15)21-19(17(12-27-21)14-6-8-26-11-14)20(25)13-3-1-2-7-24-10-13/h1-2,4-6,8-12,20,24-25H,3,7H2. The first-order valence-corrected chi connectivity index (χ1v) is 10.3. The first kappa shape index (κ1) is 18.1. The number of halogens is 2. The molecule has 138 valence electrons. The van der Waals surface area contributed by atoms with E-state index in [0.29, 0.717) is 29.0 Å². The maximum Gasteiger partial charge on any atom is 0.134 e. The fraction of sp³-hybridized carbons (Fsp3) is 0.143. The molecule has 0 amide bonds. The summed E-state index contributed by atoms with van der Waals surface area (Å²) in [6.07, 6.45) is 5.55. The van der Waals surface area contributed by atoms with Gasteiger partial charge in [0.25, 0.3) is 0 Å². The number of nitrogens with one attached hydrogen (secondary N) is 1. The molecule has 1 aromatic carbocycles. The number of aliphatic hydroxyl groups is 1. The second kappa shape index (κ2) is 7.76. The molecular weight excluding hydrogens is 384 g/mol. The Morgan fingerprint density at radius 3 is 2.74 bits per heavy atom. The van der Waals surface area contributed by atoms with Gasteiger partial charge in [0.1, 0.15) is 17.7 Å². The van der Waals surface area contributed by atoms with Crippen LogP contribution in [0.3, 0.4) is 0 Å². The van der Waals surface area contributed by atoms with Crippen molar-refractivity contribution in [1.29, 1.82) is 0 Å². The largest absolute Gasteiger partial charge is 0.387 e. The second-order valence-corrected chi connectivity index (χ2v) is 7.89. The molecule has 1 aliphatic rings. The zero-order valence-corrected chi connectivity index (χ0v) is 15.9. The average molecular weight is 402 g/mol. The van der Waals surface area contributed by atoms with Crippen LogP contribution >= 0.6 is 22.7 Å². The Bertz CT molecular complexity index is 1010. The summed E-state index contributed by atoms with van der Waals surface area (Å²) in [5, 5.41) is 20.2. The zero-order chi connectivity index (χ0) is 18.8. The van der Waals surface area contributed by atoms with Gasteiger partial charge in [-0.3, -0.25) is 0 Å². The van der Waals surface area contributed by atoms with Crippen molar-refractivity contribution in [2.45, 2.75) is 12.5 Å². The van der Waals surface area contributed by atoms with Crippen LogP contribution in [0.2, 0.25) is 0 Å². The van der Waals surface area contributed by atoms with Crippen molar-refractivity contribution in [3.63, 3.8) is 0 Å². The Morgan fingerprint density at radius 2 is 1.96 bits per heavy atom. The number of benzene rings is 1. The summed E-state index contributed by atoms with van der Waals surface area (Å²) < 4.78 is 27.9. The number of hydrogen-bond acceptors (Lipinski definition) is 4. The minimum Gasteiger partial charge on any atom is -0.387 e. The number of allylic oxidation sites excluding steroid dienone is 1. The maximum atomic E-state index is 14.5. The lowest BCUT2D eigenvalue weighted by Crippen LogP contribution is -2.08. The molecule has 3 heterocycles. The highest BCUT2D eigenvalue weighted by Crippen LogP contribution is 2.45. The summed E-state index contributed by atoms with van der Waals surface area (Å²) in [6.45, 7) is 0.705. The maximum absolute atomic E-state index is 14.5. The molecule has 6 heteroatoms. The molecule has 2 nitrogen and oxygen atoms in total. The van der Waals surface area contributed by atoms with Gasteiger partial charge in [0.15, 0.2) is 0 Å². The van der Waals surface area contributed by atoms with E-state index < -0.39 is 17.7 Å². The second-order valence-electron chi connectivity index (χ2n) is 6.23. The van der Waals surface area contributed by atoms with Crippen molar-refractivity contribution in [3.8, 4) is 21.6 Å². The molecule has 0 aliphatic carbocycles. The summed E-state index contributed by atoms with van der Waals surface area (Å²) in [5.74, 6) is -1.25. The van der Waals surface area contributed by atoms with Crippen LogP contribution in [0.4, 0.5) is 8.78 Å². The summed E-state index contributed by atoms with van der Waals surface area (Å²) in [7, 11) is 0. The van der Waals surface area contributed by atoms with Crippen LogP contribution < -0.4 is 5.32 Å². The highest BCUT2D eigenvalue weighted by Gasteiger charge is 2.25. The SMILES string of the molecule is OC(C1=CNCC=CC1)c1c(-c2ccsc2)csc1-c1ccc(F)cc1F. The molecule has 1 aliphatic heterocycles. The smallest absolute Gasteiger partial charge is 0.134 e. The van der Waals surface area contributed by atoms with Crippen LogP contribution in [-0.4, -0.2) is 11.7 Å². The molecule has 0 bridgehead atoms. The van der Waals surface area contributed by atoms with Gasteiger partial charge in [-0.15, -0.1) is 11.3 Å². The van der Waals surface area contributed by atoms with Gasteiger partial charge in [0.05, 0.1) is 0 Å². The molecule has 2 N–H and O–H groups in total. The predicted octanol–water partition coefficient (Wildman–Crippen LogP) is 5.89. The van der Waals surface area contributed by atoms with Crippen LogP contribution in [0, 0.1) is 11.6 Å². The third-order valence-electron chi connectivity index (χ3n) is 4.51. The van der Waals surface area contributed by atoms with E-state index in [1.165, 1.54) is 23.5 Å². The molecule has 1 atom stereocenters. The molecule has 0 saturated carbocycles. The quantitative estimate of drug-likeness (QED) is 0.535. The summed E-state index contributed by atoms with van der Waals surface area (Å²) in [6, 6.07) is 5.54. The van der Waals surface area contributed by atoms with E-state index in [-0.39, 0.29) is 0 Å². The van der Waals surface area contributed by atoms with Gasteiger partial charge in [-0.05, 0) is 63.7 Å². The van der Waals surface area contributed by atoms with Gasteiger partial charge < -0.3 is 10.4 Å². The van der Waals surface area contributed by atoms with E-state index in [1.807, 2.05) is 40.6 Å². The highest BCUT2D eigenvalue weighted by atomic mass is 32.1. The molecule has 4 rings (SSSR count). The van der Waals surface area contributed by atoms with Crippen molar-refractivity contribution in [1.82, 2.24) is 5.32 Å². The number of thiophene rings is 2. The summed E-state index contributed by atoms with van der Waals surface area (Å²) in [5.41, 5.74) is 3.63. The molecule has 0 spiro atoms. The van der Waals surface area contributed by atoms with E-state index in [9.17, 15) is 13.9 Å². The molecule has 3 aromatic rings. The van der Waals surface area contributed by atoms with Crippen LogP contribution in [0.15, 0.2) is 64.3 Å². The van der Waals surface area contributed by atoms with Crippen LogP contribution in [-0.2, 0) is 0 Å². The lowest BCUT2D eigenvalue weighted by Gasteiger charge is -2.17. The van der Waals surface area contributed by atoms with E-state index in [4.69, 9.17) is 0 Å². The molecule has 27 heavy (non-hydrogen) atoms. The lowest BCUT2D eigenvalue weighted by atomic mass is 9.92. The normalized spacial score (nSPS) is 15.1. The lowest BCUT2D eigenvalue weighted by molar-refractivity contribution is 0.214. The van der Waals surface area contributed by atoms with E-state index in [1.54, 1.807) is 11.3 Å². The van der Waals surface area contributed by atoms with Gasteiger partial charge in [0.2, 0.25) is 0 Å². The van der Waals surface area contributed by atoms with Crippen LogP contribution in [0.1, 0.15) is 18.1 Å². The van der Waals surface area contributed by atoms with Crippen LogP contribution in [0.25, 0.3) is 21.6 Å². The molecule has 0 fully saturated rings. The van der Waals surface area contributed by atoms with Gasteiger partial charge in [-0.25, -0.2) is 8.78 Å². The molecule has 0 saturated heterocycles. The fourth-order valence-corrected chi connectivity index (χ4v) is 4.95. The van der Waals surface area contributed by atoms with Crippen molar-refractivity contribution >= 4 is 22.7 Å². The monoisotopic (exact) mass is 401 g/mol. The Kier molecular flexibility index (Phi) is 5.20. The number of rotatable bonds is 4. The first-order valence-electron chi connectivity index (χ1n) is 8.50. The minimum absolute atomic E-state index is 0.301. The molecule has 0 radical (unpaired) electrons. The van der Waals surface area contributed by atoms with Crippen LogP contribution in [0.5, 0.6) is 0 Å². The highest BCUT2D eigenvalue weighted by molar-refractivity contribution is 7.14. The van der Waals surface area contributed by atoms with Gasteiger partial charge >= 0.3 is 0 Å². The average Bonchev–Trinajstić information content (AvgIpc) is 3.24. The first-order chi connectivity index (χ1) is 13.1. The summed E-state index contributed by atoms with van der Waals surface area (Å²) >= 11 is 2.93. The van der Waals surface area contributed by atoms with E-state index in [0.717, 1.165) is 22.8 Å². The van der Waals surface area contributed by atoms with Crippen molar-refractivity contribution in [2.75, 3.05) is 6.54 Å². The molecule has 2 aromatic heterocycles.